The van der Waals surface area contributed by atoms with Crippen molar-refractivity contribution in [1.29, 1.82) is 0 Å². The molecule has 1 amide bonds. The highest BCUT2D eigenvalue weighted by atomic mass is 16.5. The van der Waals surface area contributed by atoms with E-state index in [9.17, 15) is 4.79 Å². The van der Waals surface area contributed by atoms with Crippen molar-refractivity contribution < 1.29 is 18.7 Å². The maximum atomic E-state index is 11.9. The van der Waals surface area contributed by atoms with Crippen LogP contribution < -0.4 is 14.9 Å². The van der Waals surface area contributed by atoms with E-state index in [0.717, 1.165) is 18.4 Å². The molecular weight excluding hydrogens is 308 g/mol. The summed E-state index contributed by atoms with van der Waals surface area (Å²) in [4.78, 5) is 11.9. The fraction of sp³-hybridized carbons (Fsp3) is 0.333. The molecule has 1 N–H and O–H groups in total. The van der Waals surface area contributed by atoms with Gasteiger partial charge in [0.2, 0.25) is 0 Å². The third kappa shape index (κ3) is 4.62. The first kappa shape index (κ1) is 17.6. The summed E-state index contributed by atoms with van der Waals surface area (Å²) in [5.74, 6) is 1.56. The Balaban J connectivity index is 1.99. The van der Waals surface area contributed by atoms with E-state index in [-0.39, 0.29) is 5.91 Å². The van der Waals surface area contributed by atoms with Gasteiger partial charge in [-0.1, -0.05) is 13.3 Å². The predicted octanol–water partition coefficient (Wildman–Crippen LogP) is 3.54. The van der Waals surface area contributed by atoms with Gasteiger partial charge in [0, 0.05) is 0 Å². The highest BCUT2D eigenvalue weighted by molar-refractivity contribution is 5.95. The lowest BCUT2D eigenvalue weighted by molar-refractivity contribution is 0.0953. The molecule has 1 aromatic carbocycles. The van der Waals surface area contributed by atoms with Crippen molar-refractivity contribution in [2.75, 3.05) is 13.7 Å². The van der Waals surface area contributed by atoms with Crippen molar-refractivity contribution >= 4 is 12.1 Å². The quantitative estimate of drug-likeness (QED) is 0.456. The van der Waals surface area contributed by atoms with Gasteiger partial charge in [0.15, 0.2) is 11.5 Å². The second kappa shape index (κ2) is 8.76. The van der Waals surface area contributed by atoms with Crippen LogP contribution in [0, 0.1) is 6.92 Å². The van der Waals surface area contributed by atoms with Crippen molar-refractivity contribution in [3.8, 4) is 11.5 Å². The number of hydrogen-bond acceptors (Lipinski definition) is 5. The molecule has 2 rings (SSSR count). The molecule has 0 fully saturated rings. The van der Waals surface area contributed by atoms with Gasteiger partial charge in [-0.15, -0.1) is 0 Å². The fourth-order valence-electron chi connectivity index (χ4n) is 2.06. The Kier molecular flexibility index (Phi) is 6.42. The van der Waals surface area contributed by atoms with Gasteiger partial charge < -0.3 is 13.9 Å². The Bertz CT molecular complexity index is 707. The van der Waals surface area contributed by atoms with Crippen LogP contribution in [0.2, 0.25) is 0 Å². The average molecular weight is 330 g/mol. The van der Waals surface area contributed by atoms with Crippen molar-refractivity contribution in [2.45, 2.75) is 26.7 Å². The van der Waals surface area contributed by atoms with E-state index in [1.54, 1.807) is 32.4 Å². The third-order valence-electron chi connectivity index (χ3n) is 3.43. The summed E-state index contributed by atoms with van der Waals surface area (Å²) in [5, 5.41) is 3.96. The number of furan rings is 1. The van der Waals surface area contributed by atoms with Gasteiger partial charge in [0.1, 0.15) is 5.76 Å². The molecule has 0 aliphatic rings. The zero-order valence-electron chi connectivity index (χ0n) is 14.2. The number of nitrogens with one attached hydrogen (secondary N) is 1. The molecule has 0 aliphatic heterocycles. The summed E-state index contributed by atoms with van der Waals surface area (Å²) >= 11 is 0. The smallest absolute Gasteiger partial charge is 0.274 e. The number of rotatable bonds is 8. The van der Waals surface area contributed by atoms with E-state index in [1.807, 2.05) is 12.1 Å². The van der Waals surface area contributed by atoms with Crippen LogP contribution in [0.25, 0.3) is 0 Å². The topological polar surface area (TPSA) is 73.1 Å². The van der Waals surface area contributed by atoms with Crippen LogP contribution in [-0.2, 0) is 0 Å². The number of carbonyl (C=O) groups is 1. The monoisotopic (exact) mass is 330 g/mol. The van der Waals surface area contributed by atoms with E-state index in [1.165, 1.54) is 6.26 Å². The standard InChI is InChI=1S/C18H22N2O4/c1-4-5-9-24-16-7-6-14(11-17(16)22-3)12-19-20-18(21)15-8-10-23-13(15)2/h6-8,10-12H,4-5,9H2,1-3H3,(H,20,21)/b19-12+. The number of ether oxygens (including phenoxy) is 2. The highest BCUT2D eigenvalue weighted by Gasteiger charge is 2.10. The largest absolute Gasteiger partial charge is 0.493 e. The molecule has 1 aromatic heterocycles. The van der Waals surface area contributed by atoms with E-state index in [2.05, 4.69) is 17.5 Å². The van der Waals surface area contributed by atoms with Gasteiger partial charge in [-0.2, -0.15) is 5.10 Å². The van der Waals surface area contributed by atoms with Crippen LogP contribution in [0.5, 0.6) is 11.5 Å². The van der Waals surface area contributed by atoms with E-state index in [0.29, 0.717) is 29.4 Å². The zero-order valence-corrected chi connectivity index (χ0v) is 14.2. The van der Waals surface area contributed by atoms with Gasteiger partial charge in [0.25, 0.3) is 5.91 Å². The molecule has 0 aliphatic carbocycles. The molecule has 0 atom stereocenters. The molecule has 0 saturated heterocycles. The van der Waals surface area contributed by atoms with E-state index in [4.69, 9.17) is 13.9 Å². The van der Waals surface area contributed by atoms with Gasteiger partial charge in [-0.3, -0.25) is 4.79 Å². The Morgan fingerprint density at radius 2 is 2.17 bits per heavy atom. The molecule has 0 unspecified atom stereocenters. The van der Waals surface area contributed by atoms with Crippen molar-refractivity contribution in [3.05, 3.63) is 47.4 Å². The lowest BCUT2D eigenvalue weighted by atomic mass is 10.2. The number of carbonyl (C=O) groups excluding carboxylic acids is 1. The summed E-state index contributed by atoms with van der Waals surface area (Å²) in [6.07, 6.45) is 5.08. The average Bonchev–Trinajstić information content (AvgIpc) is 3.02. The molecule has 24 heavy (non-hydrogen) atoms. The number of benzene rings is 1. The third-order valence-corrected chi connectivity index (χ3v) is 3.43. The van der Waals surface area contributed by atoms with Crippen molar-refractivity contribution in [2.24, 2.45) is 5.10 Å². The number of unbranched alkanes of at least 4 members (excludes halogenated alkanes) is 1. The Hall–Kier alpha value is -2.76. The van der Waals surface area contributed by atoms with Crippen LogP contribution in [0.4, 0.5) is 0 Å². The maximum absolute atomic E-state index is 11.9. The number of amides is 1. The molecule has 6 nitrogen and oxygen atoms in total. The normalized spacial score (nSPS) is 10.8. The molecule has 1 heterocycles. The van der Waals surface area contributed by atoms with Crippen LogP contribution >= 0.6 is 0 Å². The summed E-state index contributed by atoms with van der Waals surface area (Å²) in [7, 11) is 1.59. The van der Waals surface area contributed by atoms with Crippen LogP contribution in [-0.4, -0.2) is 25.8 Å². The Labute approximate surface area is 141 Å². The minimum Gasteiger partial charge on any atom is -0.493 e. The minimum atomic E-state index is -0.316. The van der Waals surface area contributed by atoms with Crippen molar-refractivity contribution in [1.82, 2.24) is 5.43 Å². The Morgan fingerprint density at radius 3 is 2.83 bits per heavy atom. The molecule has 0 bridgehead atoms. The van der Waals surface area contributed by atoms with Gasteiger partial charge in [-0.05, 0) is 43.2 Å². The molecule has 0 saturated carbocycles. The number of hydrogen-bond donors (Lipinski definition) is 1. The number of methoxy groups -OCH3 is 1. The second-order valence-corrected chi connectivity index (χ2v) is 5.20. The molecule has 0 spiro atoms. The van der Waals surface area contributed by atoms with Crippen LogP contribution in [0.15, 0.2) is 40.0 Å². The van der Waals surface area contributed by atoms with Crippen molar-refractivity contribution in [3.63, 3.8) is 0 Å². The van der Waals surface area contributed by atoms with Gasteiger partial charge in [0.05, 0.1) is 31.8 Å². The first-order chi connectivity index (χ1) is 11.7. The van der Waals surface area contributed by atoms with Crippen LogP contribution in [0.3, 0.4) is 0 Å². The summed E-state index contributed by atoms with van der Waals surface area (Å²) in [6.45, 7) is 4.49. The number of nitrogens with zero attached hydrogens (tertiary/aromatic N) is 1. The van der Waals surface area contributed by atoms with E-state index >= 15 is 0 Å². The van der Waals surface area contributed by atoms with E-state index < -0.39 is 0 Å². The number of hydrazone groups is 1. The molecular formula is C18H22N2O4. The summed E-state index contributed by atoms with van der Waals surface area (Å²) in [5.41, 5.74) is 3.72. The first-order valence-corrected chi connectivity index (χ1v) is 7.84. The highest BCUT2D eigenvalue weighted by Crippen LogP contribution is 2.27. The number of aryl methyl sites for hydroxylation is 1. The molecule has 6 heteroatoms. The summed E-state index contributed by atoms with van der Waals surface area (Å²) < 4.78 is 16.1. The predicted molar refractivity (Wildman–Crippen MR) is 91.9 cm³/mol. The lowest BCUT2D eigenvalue weighted by Crippen LogP contribution is -2.17. The van der Waals surface area contributed by atoms with Gasteiger partial charge in [-0.25, -0.2) is 5.43 Å². The maximum Gasteiger partial charge on any atom is 0.274 e. The Morgan fingerprint density at radius 1 is 1.33 bits per heavy atom. The lowest BCUT2D eigenvalue weighted by Gasteiger charge is -2.10. The first-order valence-electron chi connectivity index (χ1n) is 7.84. The fourth-order valence-corrected chi connectivity index (χ4v) is 2.06. The molecule has 128 valence electrons. The minimum absolute atomic E-state index is 0.316. The van der Waals surface area contributed by atoms with Crippen LogP contribution in [0.1, 0.15) is 41.4 Å². The summed E-state index contributed by atoms with van der Waals surface area (Å²) in [6, 6.07) is 7.09. The SMILES string of the molecule is CCCCOc1ccc(/C=N/NC(=O)c2ccoc2C)cc1OC. The zero-order chi connectivity index (χ0) is 17.4. The van der Waals surface area contributed by atoms with Gasteiger partial charge >= 0.3 is 0 Å². The molecule has 2 aromatic rings. The second-order valence-electron chi connectivity index (χ2n) is 5.20. The molecule has 0 radical (unpaired) electrons.